The molecule has 2 heterocycles. The number of piperidine rings is 1. The Morgan fingerprint density at radius 2 is 2.05 bits per heavy atom. The van der Waals surface area contributed by atoms with E-state index >= 15 is 0 Å². The first-order valence-electron chi connectivity index (χ1n) is 7.88. The molecule has 1 saturated heterocycles. The number of hydrogen-bond acceptors (Lipinski definition) is 3. The molecule has 4 rings (SSSR count). The number of fused-ring (bicyclic) bond motifs is 1. The molecule has 0 N–H and O–H groups in total. The van der Waals surface area contributed by atoms with Crippen molar-refractivity contribution >= 4 is 17.4 Å². The summed E-state index contributed by atoms with van der Waals surface area (Å²) in [6.45, 7) is 3.31. The number of Topliss-reactive ketones (excluding diaryl/α,β-unsaturated/α-hetero) is 1. The van der Waals surface area contributed by atoms with Crippen LogP contribution in [0.2, 0.25) is 5.02 Å². The van der Waals surface area contributed by atoms with E-state index in [2.05, 4.69) is 4.90 Å². The molecule has 0 aromatic heterocycles. The van der Waals surface area contributed by atoms with Crippen molar-refractivity contribution in [3.05, 3.63) is 28.8 Å². The van der Waals surface area contributed by atoms with Crippen molar-refractivity contribution in [2.24, 2.45) is 5.92 Å². The van der Waals surface area contributed by atoms with Crippen molar-refractivity contribution in [3.63, 3.8) is 0 Å². The number of hydrogen-bond donors (Lipinski definition) is 0. The third-order valence-electron chi connectivity index (χ3n) is 5.03. The van der Waals surface area contributed by atoms with Crippen LogP contribution in [0.4, 0.5) is 0 Å². The number of halogens is 1. The normalized spacial score (nSPS) is 24.7. The molecule has 3 aliphatic rings. The molecule has 0 radical (unpaired) electrons. The van der Waals surface area contributed by atoms with Crippen LogP contribution in [-0.4, -0.2) is 35.9 Å². The Bertz CT molecular complexity index is 574. The molecule has 0 bridgehead atoms. The minimum Gasteiger partial charge on any atom is -0.486 e. The van der Waals surface area contributed by atoms with E-state index in [1.165, 1.54) is 19.4 Å². The largest absolute Gasteiger partial charge is 0.486 e. The predicted octanol–water partition coefficient (Wildman–Crippen LogP) is 3.55. The summed E-state index contributed by atoms with van der Waals surface area (Å²) >= 11 is 6.04. The van der Waals surface area contributed by atoms with Gasteiger partial charge in [0.2, 0.25) is 0 Å². The van der Waals surface area contributed by atoms with Crippen molar-refractivity contribution in [3.8, 4) is 5.75 Å². The van der Waals surface area contributed by atoms with Crippen LogP contribution in [0.3, 0.4) is 0 Å². The monoisotopic (exact) mass is 305 g/mol. The number of carbonyl (C=O) groups excluding carboxylic acids is 1. The van der Waals surface area contributed by atoms with Gasteiger partial charge in [-0.25, -0.2) is 0 Å². The van der Waals surface area contributed by atoms with Gasteiger partial charge in [0.1, 0.15) is 11.4 Å². The summed E-state index contributed by atoms with van der Waals surface area (Å²) in [7, 11) is 0. The Morgan fingerprint density at radius 3 is 2.76 bits per heavy atom. The van der Waals surface area contributed by atoms with Gasteiger partial charge in [0.15, 0.2) is 5.78 Å². The lowest BCUT2D eigenvalue weighted by molar-refractivity contribution is -0.00979. The fraction of sp³-hybridized carbons (Fsp3) is 0.588. The molecule has 112 valence electrons. The second-order valence-electron chi connectivity index (χ2n) is 6.77. The SMILES string of the molecule is O=C1CC2(CCN(CC3CC3)CC2)Oc2cc(Cl)ccc21. The quantitative estimate of drug-likeness (QED) is 0.837. The zero-order chi connectivity index (χ0) is 14.4. The predicted molar refractivity (Wildman–Crippen MR) is 82.2 cm³/mol. The lowest BCUT2D eigenvalue weighted by atomic mass is 9.82. The molecule has 0 atom stereocenters. The van der Waals surface area contributed by atoms with Crippen molar-refractivity contribution in [2.75, 3.05) is 19.6 Å². The highest BCUT2D eigenvalue weighted by Crippen LogP contribution is 2.41. The maximum atomic E-state index is 12.4. The van der Waals surface area contributed by atoms with Crippen LogP contribution in [0.15, 0.2) is 18.2 Å². The topological polar surface area (TPSA) is 29.5 Å². The fourth-order valence-corrected chi connectivity index (χ4v) is 3.72. The smallest absolute Gasteiger partial charge is 0.170 e. The molecule has 1 saturated carbocycles. The Hall–Kier alpha value is -1.06. The molecule has 0 amide bonds. The van der Waals surface area contributed by atoms with Crippen LogP contribution in [0, 0.1) is 5.92 Å². The number of rotatable bonds is 2. The summed E-state index contributed by atoms with van der Waals surface area (Å²) in [5.74, 6) is 1.80. The highest BCUT2D eigenvalue weighted by molar-refractivity contribution is 6.30. The van der Waals surface area contributed by atoms with E-state index in [0.29, 0.717) is 22.8 Å². The zero-order valence-electron chi connectivity index (χ0n) is 12.1. The van der Waals surface area contributed by atoms with Gasteiger partial charge >= 0.3 is 0 Å². The fourth-order valence-electron chi connectivity index (χ4n) is 3.56. The highest BCUT2D eigenvalue weighted by atomic mass is 35.5. The third kappa shape index (κ3) is 2.69. The van der Waals surface area contributed by atoms with E-state index in [0.717, 1.165) is 31.8 Å². The van der Waals surface area contributed by atoms with Crippen molar-refractivity contribution in [2.45, 2.75) is 37.7 Å². The van der Waals surface area contributed by atoms with E-state index in [-0.39, 0.29) is 11.4 Å². The van der Waals surface area contributed by atoms with Crippen molar-refractivity contribution in [1.29, 1.82) is 0 Å². The summed E-state index contributed by atoms with van der Waals surface area (Å²) in [4.78, 5) is 14.9. The highest BCUT2D eigenvalue weighted by Gasteiger charge is 2.43. The standard InChI is InChI=1S/C17H20ClNO2/c18-13-3-4-14-15(20)10-17(21-16(14)9-13)5-7-19(8-6-17)11-12-1-2-12/h3-4,9,12H,1-2,5-8,10-11H2. The van der Waals surface area contributed by atoms with Crippen LogP contribution < -0.4 is 4.74 Å². The molecule has 4 heteroatoms. The van der Waals surface area contributed by atoms with Crippen LogP contribution in [0.25, 0.3) is 0 Å². The van der Waals surface area contributed by atoms with Gasteiger partial charge in [0.25, 0.3) is 0 Å². The minimum atomic E-state index is -0.297. The van der Waals surface area contributed by atoms with Gasteiger partial charge in [-0.05, 0) is 37.0 Å². The number of ether oxygens (including phenoxy) is 1. The average Bonchev–Trinajstić information content (AvgIpc) is 3.25. The number of nitrogens with zero attached hydrogens (tertiary/aromatic N) is 1. The van der Waals surface area contributed by atoms with E-state index in [1.807, 2.05) is 0 Å². The number of ketones is 1. The maximum Gasteiger partial charge on any atom is 0.170 e. The lowest BCUT2D eigenvalue weighted by Crippen LogP contribution is -2.51. The van der Waals surface area contributed by atoms with Crippen LogP contribution in [-0.2, 0) is 0 Å². The van der Waals surface area contributed by atoms with Crippen LogP contribution in [0.1, 0.15) is 42.5 Å². The zero-order valence-corrected chi connectivity index (χ0v) is 12.9. The number of benzene rings is 1. The Morgan fingerprint density at radius 1 is 1.29 bits per heavy atom. The van der Waals surface area contributed by atoms with Gasteiger partial charge in [-0.1, -0.05) is 11.6 Å². The average molecular weight is 306 g/mol. The molecular formula is C17H20ClNO2. The molecule has 3 nitrogen and oxygen atoms in total. The molecule has 2 fully saturated rings. The van der Waals surface area contributed by atoms with Crippen LogP contribution >= 0.6 is 11.6 Å². The van der Waals surface area contributed by atoms with Crippen molar-refractivity contribution in [1.82, 2.24) is 4.90 Å². The summed E-state index contributed by atoms with van der Waals surface area (Å²) < 4.78 is 6.25. The van der Waals surface area contributed by atoms with Gasteiger partial charge in [0, 0.05) is 37.5 Å². The Kier molecular flexibility index (Phi) is 3.23. The summed E-state index contributed by atoms with van der Waals surface area (Å²) in [5, 5.41) is 0.629. The van der Waals surface area contributed by atoms with Gasteiger partial charge in [-0.3, -0.25) is 4.79 Å². The first kappa shape index (κ1) is 13.6. The second-order valence-corrected chi connectivity index (χ2v) is 7.21. The molecule has 21 heavy (non-hydrogen) atoms. The molecular weight excluding hydrogens is 286 g/mol. The van der Waals surface area contributed by atoms with Gasteiger partial charge in [-0.2, -0.15) is 0 Å². The summed E-state index contributed by atoms with van der Waals surface area (Å²) in [6, 6.07) is 5.33. The van der Waals surface area contributed by atoms with E-state index < -0.39 is 0 Å². The first-order chi connectivity index (χ1) is 10.1. The second kappa shape index (κ2) is 4.99. The van der Waals surface area contributed by atoms with Crippen LogP contribution in [0.5, 0.6) is 5.75 Å². The number of carbonyl (C=O) groups is 1. The van der Waals surface area contributed by atoms with E-state index in [9.17, 15) is 4.79 Å². The molecule has 2 aliphatic heterocycles. The molecule has 0 unspecified atom stereocenters. The van der Waals surface area contributed by atoms with E-state index in [1.54, 1.807) is 18.2 Å². The third-order valence-corrected chi connectivity index (χ3v) is 5.27. The molecule has 1 spiro atoms. The Balaban J connectivity index is 1.50. The number of likely N-dealkylation sites (tertiary alicyclic amines) is 1. The minimum absolute atomic E-state index is 0.198. The molecule has 1 aromatic carbocycles. The van der Waals surface area contributed by atoms with Gasteiger partial charge in [0.05, 0.1) is 12.0 Å². The Labute approximate surface area is 130 Å². The first-order valence-corrected chi connectivity index (χ1v) is 8.25. The molecule has 1 aliphatic carbocycles. The van der Waals surface area contributed by atoms with Gasteiger partial charge < -0.3 is 9.64 Å². The summed E-state index contributed by atoms with van der Waals surface area (Å²) in [6.07, 6.45) is 5.18. The summed E-state index contributed by atoms with van der Waals surface area (Å²) in [5.41, 5.74) is 0.389. The van der Waals surface area contributed by atoms with Gasteiger partial charge in [-0.15, -0.1) is 0 Å². The van der Waals surface area contributed by atoms with E-state index in [4.69, 9.17) is 16.3 Å². The van der Waals surface area contributed by atoms with Crippen molar-refractivity contribution < 1.29 is 9.53 Å². The molecule has 1 aromatic rings. The maximum absolute atomic E-state index is 12.4. The lowest BCUT2D eigenvalue weighted by Gasteiger charge is -2.44.